The van der Waals surface area contributed by atoms with Crippen molar-refractivity contribution in [3.63, 3.8) is 0 Å². The van der Waals surface area contributed by atoms with E-state index in [1.807, 2.05) is 0 Å². The van der Waals surface area contributed by atoms with Gasteiger partial charge in [0.15, 0.2) is 0 Å². The van der Waals surface area contributed by atoms with E-state index in [2.05, 4.69) is 52.0 Å². The van der Waals surface area contributed by atoms with Crippen molar-refractivity contribution in [1.82, 2.24) is 0 Å². The molecule has 2 N–H and O–H groups in total. The highest BCUT2D eigenvalue weighted by atomic mass is 16.5. The van der Waals surface area contributed by atoms with Crippen molar-refractivity contribution in [3.8, 4) is 0 Å². The van der Waals surface area contributed by atoms with Crippen LogP contribution in [0.15, 0.2) is 24.3 Å². The van der Waals surface area contributed by atoms with Gasteiger partial charge in [0.05, 0.1) is 12.2 Å². The Kier molecular flexibility index (Phi) is 5.66. The average Bonchev–Trinajstić information content (AvgIpc) is 2.35. The van der Waals surface area contributed by atoms with Crippen LogP contribution in [0.5, 0.6) is 0 Å². The van der Waals surface area contributed by atoms with Crippen molar-refractivity contribution in [1.29, 1.82) is 0 Å². The summed E-state index contributed by atoms with van der Waals surface area (Å²) in [6.07, 6.45) is 2.20. The normalized spacial score (nSPS) is 16.5. The third-order valence-electron chi connectivity index (χ3n) is 3.31. The van der Waals surface area contributed by atoms with Gasteiger partial charge < -0.3 is 10.5 Å². The molecule has 0 aliphatic carbocycles. The summed E-state index contributed by atoms with van der Waals surface area (Å²) >= 11 is 0. The highest BCUT2D eigenvalue weighted by Gasteiger charge is 2.22. The minimum absolute atomic E-state index is 0.0103. The first kappa shape index (κ1) is 14.2. The van der Waals surface area contributed by atoms with E-state index in [1.54, 1.807) is 0 Å². The Hall–Kier alpha value is -0.860. The van der Waals surface area contributed by atoms with E-state index >= 15 is 0 Å². The molecule has 0 heterocycles. The summed E-state index contributed by atoms with van der Waals surface area (Å²) in [4.78, 5) is 0. The average molecular weight is 235 g/mol. The predicted octanol–water partition coefficient (Wildman–Crippen LogP) is 3.59. The molecule has 0 aliphatic heterocycles. The van der Waals surface area contributed by atoms with E-state index in [-0.39, 0.29) is 18.2 Å². The first-order valence-corrected chi connectivity index (χ1v) is 6.56. The highest BCUT2D eigenvalue weighted by molar-refractivity contribution is 5.28. The number of rotatable bonds is 6. The second kappa shape index (κ2) is 6.77. The van der Waals surface area contributed by atoms with Gasteiger partial charge in [-0.05, 0) is 37.8 Å². The third-order valence-corrected chi connectivity index (χ3v) is 3.31. The van der Waals surface area contributed by atoms with Crippen LogP contribution in [0.25, 0.3) is 0 Å². The molecular formula is C15H25NO. The van der Waals surface area contributed by atoms with Crippen LogP contribution in [-0.2, 0) is 4.74 Å². The van der Waals surface area contributed by atoms with E-state index < -0.39 is 0 Å². The van der Waals surface area contributed by atoms with Crippen LogP contribution in [0.1, 0.15) is 50.8 Å². The SMILES string of the molecule is CCC(C)OC(c1ccccc1C)C(N)CC. The standard InChI is InChI=1S/C15H25NO/c1-5-12(4)17-15(14(16)6-2)13-10-8-7-9-11(13)3/h7-10,12,14-15H,5-6,16H2,1-4H3. The van der Waals surface area contributed by atoms with Crippen molar-refractivity contribution in [2.45, 2.75) is 58.8 Å². The Morgan fingerprint density at radius 2 is 1.82 bits per heavy atom. The lowest BCUT2D eigenvalue weighted by atomic mass is 9.96. The number of aryl methyl sites for hydroxylation is 1. The fourth-order valence-electron chi connectivity index (χ4n) is 1.87. The minimum Gasteiger partial charge on any atom is -0.369 e. The molecule has 1 aromatic rings. The molecular weight excluding hydrogens is 210 g/mol. The maximum atomic E-state index is 6.20. The van der Waals surface area contributed by atoms with Gasteiger partial charge >= 0.3 is 0 Å². The second-order valence-electron chi connectivity index (χ2n) is 4.70. The first-order valence-electron chi connectivity index (χ1n) is 6.56. The molecule has 2 nitrogen and oxygen atoms in total. The fraction of sp³-hybridized carbons (Fsp3) is 0.600. The van der Waals surface area contributed by atoms with Gasteiger partial charge in [-0.15, -0.1) is 0 Å². The molecule has 1 aromatic carbocycles. The molecule has 96 valence electrons. The molecule has 0 saturated heterocycles. The molecule has 0 amide bonds. The molecule has 0 spiro atoms. The third kappa shape index (κ3) is 3.83. The van der Waals surface area contributed by atoms with Gasteiger partial charge in [-0.3, -0.25) is 0 Å². The zero-order chi connectivity index (χ0) is 12.8. The van der Waals surface area contributed by atoms with Crippen LogP contribution in [-0.4, -0.2) is 12.1 Å². The molecule has 0 aliphatic rings. The summed E-state index contributed by atoms with van der Waals surface area (Å²) in [5, 5.41) is 0. The summed E-state index contributed by atoms with van der Waals surface area (Å²) < 4.78 is 6.09. The molecule has 3 unspecified atom stereocenters. The number of ether oxygens (including phenoxy) is 1. The summed E-state index contributed by atoms with van der Waals surface area (Å²) in [6.45, 7) is 8.46. The molecule has 0 aromatic heterocycles. The second-order valence-corrected chi connectivity index (χ2v) is 4.70. The number of benzene rings is 1. The Morgan fingerprint density at radius 3 is 2.35 bits per heavy atom. The minimum atomic E-state index is 0.0103. The van der Waals surface area contributed by atoms with Crippen molar-refractivity contribution in [2.75, 3.05) is 0 Å². The molecule has 3 atom stereocenters. The van der Waals surface area contributed by atoms with Gasteiger partial charge in [-0.1, -0.05) is 38.1 Å². The number of hydrogen-bond acceptors (Lipinski definition) is 2. The Balaban J connectivity index is 2.94. The lowest BCUT2D eigenvalue weighted by Gasteiger charge is -2.28. The predicted molar refractivity (Wildman–Crippen MR) is 73.0 cm³/mol. The Bertz CT molecular complexity index is 337. The van der Waals surface area contributed by atoms with E-state index in [9.17, 15) is 0 Å². The van der Waals surface area contributed by atoms with Gasteiger partial charge in [0.1, 0.15) is 0 Å². The molecule has 0 saturated carbocycles. The highest BCUT2D eigenvalue weighted by Crippen LogP contribution is 2.26. The molecule has 1 rings (SSSR count). The smallest absolute Gasteiger partial charge is 0.0981 e. The summed E-state index contributed by atoms with van der Waals surface area (Å²) in [6, 6.07) is 8.40. The van der Waals surface area contributed by atoms with Crippen LogP contribution < -0.4 is 5.73 Å². The maximum Gasteiger partial charge on any atom is 0.0981 e. The van der Waals surface area contributed by atoms with Crippen LogP contribution in [0.3, 0.4) is 0 Å². The van der Waals surface area contributed by atoms with E-state index in [1.165, 1.54) is 11.1 Å². The molecule has 2 heteroatoms. The van der Waals surface area contributed by atoms with Gasteiger partial charge in [0, 0.05) is 6.04 Å². The number of hydrogen-bond donors (Lipinski definition) is 1. The lowest BCUT2D eigenvalue weighted by Crippen LogP contribution is -2.32. The van der Waals surface area contributed by atoms with Gasteiger partial charge in [-0.25, -0.2) is 0 Å². The van der Waals surface area contributed by atoms with E-state index in [0.29, 0.717) is 0 Å². The molecule has 0 fully saturated rings. The topological polar surface area (TPSA) is 35.2 Å². The van der Waals surface area contributed by atoms with Crippen molar-refractivity contribution >= 4 is 0 Å². The van der Waals surface area contributed by atoms with Crippen LogP contribution in [0.4, 0.5) is 0 Å². The summed E-state index contributed by atoms with van der Waals surface area (Å²) in [5.41, 5.74) is 8.67. The molecule has 0 radical (unpaired) electrons. The van der Waals surface area contributed by atoms with Crippen LogP contribution in [0.2, 0.25) is 0 Å². The zero-order valence-corrected chi connectivity index (χ0v) is 11.4. The monoisotopic (exact) mass is 235 g/mol. The summed E-state index contributed by atoms with van der Waals surface area (Å²) in [5.74, 6) is 0. The van der Waals surface area contributed by atoms with Crippen molar-refractivity contribution in [3.05, 3.63) is 35.4 Å². The van der Waals surface area contributed by atoms with Gasteiger partial charge in [-0.2, -0.15) is 0 Å². The summed E-state index contributed by atoms with van der Waals surface area (Å²) in [7, 11) is 0. The van der Waals surface area contributed by atoms with Crippen molar-refractivity contribution in [2.24, 2.45) is 5.73 Å². The van der Waals surface area contributed by atoms with E-state index in [0.717, 1.165) is 12.8 Å². The fourth-order valence-corrected chi connectivity index (χ4v) is 1.87. The Labute approximate surface area is 105 Å². The first-order chi connectivity index (χ1) is 8.10. The largest absolute Gasteiger partial charge is 0.369 e. The zero-order valence-electron chi connectivity index (χ0n) is 11.4. The van der Waals surface area contributed by atoms with Crippen LogP contribution >= 0.6 is 0 Å². The maximum absolute atomic E-state index is 6.20. The van der Waals surface area contributed by atoms with Crippen molar-refractivity contribution < 1.29 is 4.74 Å². The molecule has 0 bridgehead atoms. The van der Waals surface area contributed by atoms with Gasteiger partial charge in [0.2, 0.25) is 0 Å². The van der Waals surface area contributed by atoms with Crippen LogP contribution in [0, 0.1) is 6.92 Å². The lowest BCUT2D eigenvalue weighted by molar-refractivity contribution is -0.0200. The van der Waals surface area contributed by atoms with Gasteiger partial charge in [0.25, 0.3) is 0 Å². The quantitative estimate of drug-likeness (QED) is 0.818. The van der Waals surface area contributed by atoms with E-state index in [4.69, 9.17) is 10.5 Å². The molecule has 17 heavy (non-hydrogen) atoms. The number of nitrogens with two attached hydrogens (primary N) is 1. The Morgan fingerprint density at radius 1 is 1.18 bits per heavy atom.